The molecule has 1 rings (SSSR count). The van der Waals surface area contributed by atoms with Crippen molar-refractivity contribution in [1.82, 2.24) is 5.32 Å². The first-order valence-electron chi connectivity index (χ1n) is 8.32. The van der Waals surface area contributed by atoms with Crippen molar-refractivity contribution in [2.45, 2.75) is 58.9 Å². The minimum atomic E-state index is 0.769. The van der Waals surface area contributed by atoms with Crippen molar-refractivity contribution in [1.29, 1.82) is 0 Å². The van der Waals surface area contributed by atoms with Crippen LogP contribution in [0.3, 0.4) is 0 Å². The summed E-state index contributed by atoms with van der Waals surface area (Å²) in [5.41, 5.74) is 1.18. The molecule has 0 fully saturated rings. The summed E-state index contributed by atoms with van der Waals surface area (Å²) < 4.78 is 11.4. The smallest absolute Gasteiger partial charge is 0.165 e. The summed E-state index contributed by atoms with van der Waals surface area (Å²) in [5.74, 6) is 1.73. The molecular weight excluding hydrogens is 262 g/mol. The largest absolute Gasteiger partial charge is 0.493 e. The fraction of sp³-hybridized carbons (Fsp3) is 0.667. The lowest BCUT2D eigenvalue weighted by atomic mass is 10.1. The predicted octanol–water partition coefficient (Wildman–Crippen LogP) is 4.54. The predicted molar refractivity (Wildman–Crippen MR) is 89.2 cm³/mol. The fourth-order valence-electron chi connectivity index (χ4n) is 2.30. The molecule has 0 spiro atoms. The Morgan fingerprint density at radius 2 is 1.81 bits per heavy atom. The Morgan fingerprint density at radius 1 is 1.00 bits per heavy atom. The zero-order valence-corrected chi connectivity index (χ0v) is 13.9. The lowest BCUT2D eigenvalue weighted by Crippen LogP contribution is -2.15. The molecule has 1 N–H and O–H groups in total. The van der Waals surface area contributed by atoms with E-state index in [0.717, 1.165) is 44.0 Å². The van der Waals surface area contributed by atoms with Crippen molar-refractivity contribution >= 4 is 0 Å². The van der Waals surface area contributed by atoms with Crippen LogP contribution in [0.25, 0.3) is 0 Å². The summed E-state index contributed by atoms with van der Waals surface area (Å²) in [5, 5.41) is 3.43. The number of unbranched alkanes of at least 4 members (excludes halogenated alkanes) is 4. The first-order chi connectivity index (χ1) is 10.3. The van der Waals surface area contributed by atoms with Crippen LogP contribution in [0.4, 0.5) is 0 Å². The third-order valence-electron chi connectivity index (χ3n) is 3.52. The molecule has 0 amide bonds. The molecule has 0 saturated heterocycles. The molecule has 0 unspecified atom stereocenters. The highest BCUT2D eigenvalue weighted by atomic mass is 16.5. The van der Waals surface area contributed by atoms with Gasteiger partial charge in [0, 0.05) is 12.1 Å². The highest BCUT2D eigenvalue weighted by Gasteiger charge is 2.10. The van der Waals surface area contributed by atoms with E-state index in [1.54, 1.807) is 7.11 Å². The van der Waals surface area contributed by atoms with E-state index in [2.05, 4.69) is 25.2 Å². The monoisotopic (exact) mass is 293 g/mol. The minimum absolute atomic E-state index is 0.769. The number of methoxy groups -OCH3 is 1. The van der Waals surface area contributed by atoms with Crippen LogP contribution in [0.2, 0.25) is 0 Å². The molecule has 1 aromatic carbocycles. The molecule has 3 nitrogen and oxygen atoms in total. The third kappa shape index (κ3) is 6.85. The van der Waals surface area contributed by atoms with Gasteiger partial charge in [0.25, 0.3) is 0 Å². The van der Waals surface area contributed by atoms with Gasteiger partial charge >= 0.3 is 0 Å². The second kappa shape index (κ2) is 11.4. The Hall–Kier alpha value is -1.22. The normalized spacial score (nSPS) is 10.6. The Bertz CT molecular complexity index is 379. The molecule has 0 atom stereocenters. The summed E-state index contributed by atoms with van der Waals surface area (Å²) in [6.07, 6.45) is 7.39. The highest BCUT2D eigenvalue weighted by Crippen LogP contribution is 2.31. The number of para-hydroxylation sites is 1. The van der Waals surface area contributed by atoms with Crippen LogP contribution in [0.5, 0.6) is 11.5 Å². The van der Waals surface area contributed by atoms with E-state index in [1.807, 2.05) is 12.1 Å². The Kier molecular flexibility index (Phi) is 9.71. The van der Waals surface area contributed by atoms with Crippen LogP contribution >= 0.6 is 0 Å². The average molecular weight is 293 g/mol. The Balaban J connectivity index is 2.51. The zero-order chi connectivity index (χ0) is 15.3. The van der Waals surface area contributed by atoms with E-state index in [0.29, 0.717) is 0 Å². The Morgan fingerprint density at radius 3 is 2.52 bits per heavy atom. The highest BCUT2D eigenvalue weighted by molar-refractivity contribution is 5.46. The first kappa shape index (κ1) is 17.8. The van der Waals surface area contributed by atoms with Crippen molar-refractivity contribution in [2.24, 2.45) is 0 Å². The number of benzene rings is 1. The van der Waals surface area contributed by atoms with Crippen molar-refractivity contribution in [3.8, 4) is 11.5 Å². The van der Waals surface area contributed by atoms with E-state index in [9.17, 15) is 0 Å². The van der Waals surface area contributed by atoms with Gasteiger partial charge in [0.2, 0.25) is 0 Å². The van der Waals surface area contributed by atoms with Crippen molar-refractivity contribution in [3.05, 3.63) is 23.8 Å². The summed E-state index contributed by atoms with van der Waals surface area (Å²) >= 11 is 0. The molecule has 120 valence electrons. The van der Waals surface area contributed by atoms with Gasteiger partial charge in [-0.1, -0.05) is 51.7 Å². The number of hydrogen-bond donors (Lipinski definition) is 1. The van der Waals surface area contributed by atoms with Gasteiger partial charge in [-0.05, 0) is 25.5 Å². The van der Waals surface area contributed by atoms with E-state index < -0.39 is 0 Å². The first-order valence-corrected chi connectivity index (χ1v) is 8.32. The van der Waals surface area contributed by atoms with Gasteiger partial charge in [-0.3, -0.25) is 0 Å². The Labute approximate surface area is 130 Å². The van der Waals surface area contributed by atoms with Crippen LogP contribution in [0.1, 0.15) is 57.9 Å². The van der Waals surface area contributed by atoms with E-state index >= 15 is 0 Å². The van der Waals surface area contributed by atoms with Crippen molar-refractivity contribution in [2.75, 3.05) is 20.3 Å². The number of rotatable bonds is 12. The van der Waals surface area contributed by atoms with Gasteiger partial charge in [0.15, 0.2) is 11.5 Å². The SMILES string of the molecule is CCCCCCCOc1c(CNCCC)cccc1OC. The van der Waals surface area contributed by atoms with Crippen LogP contribution in [0.15, 0.2) is 18.2 Å². The summed E-state index contributed by atoms with van der Waals surface area (Å²) in [4.78, 5) is 0. The third-order valence-corrected chi connectivity index (χ3v) is 3.52. The molecule has 0 radical (unpaired) electrons. The number of ether oxygens (including phenoxy) is 2. The number of nitrogens with one attached hydrogen (secondary N) is 1. The van der Waals surface area contributed by atoms with Crippen molar-refractivity contribution < 1.29 is 9.47 Å². The van der Waals surface area contributed by atoms with Crippen molar-refractivity contribution in [3.63, 3.8) is 0 Å². The summed E-state index contributed by atoms with van der Waals surface area (Å²) in [6.45, 7) is 7.03. The van der Waals surface area contributed by atoms with E-state index in [-0.39, 0.29) is 0 Å². The van der Waals surface area contributed by atoms with Gasteiger partial charge < -0.3 is 14.8 Å². The second-order valence-electron chi connectivity index (χ2n) is 5.39. The topological polar surface area (TPSA) is 30.5 Å². The standard InChI is InChI=1S/C18H31NO2/c1-4-6-7-8-9-14-21-18-16(15-19-13-5-2)11-10-12-17(18)20-3/h10-12,19H,4-9,13-15H2,1-3H3. The van der Waals surface area contributed by atoms with Crippen LogP contribution in [-0.2, 0) is 6.54 Å². The molecule has 0 heterocycles. The molecule has 0 saturated carbocycles. The molecule has 3 heteroatoms. The summed E-state index contributed by atoms with van der Waals surface area (Å²) in [7, 11) is 1.70. The lowest BCUT2D eigenvalue weighted by Gasteiger charge is -2.15. The quantitative estimate of drug-likeness (QED) is 0.574. The fourth-order valence-corrected chi connectivity index (χ4v) is 2.30. The van der Waals surface area contributed by atoms with E-state index in [1.165, 1.54) is 31.2 Å². The molecule has 0 aliphatic carbocycles. The number of hydrogen-bond acceptors (Lipinski definition) is 3. The van der Waals surface area contributed by atoms with Gasteiger partial charge in [-0.2, -0.15) is 0 Å². The molecule has 0 aliphatic rings. The second-order valence-corrected chi connectivity index (χ2v) is 5.39. The maximum absolute atomic E-state index is 6.01. The van der Waals surface area contributed by atoms with Gasteiger partial charge in [-0.15, -0.1) is 0 Å². The maximum Gasteiger partial charge on any atom is 0.165 e. The molecule has 21 heavy (non-hydrogen) atoms. The van der Waals surface area contributed by atoms with Gasteiger partial charge in [0.1, 0.15) is 0 Å². The summed E-state index contributed by atoms with van der Waals surface area (Å²) in [6, 6.07) is 6.10. The molecular formula is C18H31NO2. The van der Waals surface area contributed by atoms with Crippen LogP contribution in [-0.4, -0.2) is 20.3 Å². The molecule has 1 aromatic rings. The van der Waals surface area contributed by atoms with Gasteiger partial charge in [0.05, 0.1) is 13.7 Å². The average Bonchev–Trinajstić information content (AvgIpc) is 2.51. The lowest BCUT2D eigenvalue weighted by molar-refractivity contribution is 0.281. The van der Waals surface area contributed by atoms with Crippen LogP contribution < -0.4 is 14.8 Å². The van der Waals surface area contributed by atoms with Gasteiger partial charge in [-0.25, -0.2) is 0 Å². The zero-order valence-electron chi connectivity index (χ0n) is 13.9. The minimum Gasteiger partial charge on any atom is -0.493 e. The maximum atomic E-state index is 6.01. The molecule has 0 aliphatic heterocycles. The van der Waals surface area contributed by atoms with Crippen LogP contribution in [0, 0.1) is 0 Å². The molecule has 0 bridgehead atoms. The van der Waals surface area contributed by atoms with E-state index in [4.69, 9.17) is 9.47 Å². The molecule has 0 aromatic heterocycles.